The normalized spacial score (nSPS) is 12.2. The van der Waals surface area contributed by atoms with Crippen molar-refractivity contribution in [3.05, 3.63) is 40.9 Å². The first-order chi connectivity index (χ1) is 11.3. The lowest BCUT2D eigenvalue weighted by molar-refractivity contribution is 0.0854. The molecule has 0 spiro atoms. The maximum atomic E-state index is 5.92. The van der Waals surface area contributed by atoms with Crippen LogP contribution in [-0.4, -0.2) is 34.0 Å². The average Bonchev–Trinajstić information content (AvgIpc) is 3.06. The van der Waals surface area contributed by atoms with Crippen LogP contribution in [0.4, 0.5) is 0 Å². The van der Waals surface area contributed by atoms with Gasteiger partial charge in [-0.3, -0.25) is 4.57 Å². The predicted octanol–water partition coefficient (Wildman–Crippen LogP) is 4.61. The highest BCUT2D eigenvalue weighted by Crippen LogP contribution is 2.23. The molecule has 2 heterocycles. The topological polar surface area (TPSA) is 44.9 Å². The van der Waals surface area contributed by atoms with Gasteiger partial charge in [-0.2, -0.15) is 5.10 Å². The fourth-order valence-corrected chi connectivity index (χ4v) is 3.60. The average molecular weight is 407 g/mol. The standard InChI is InChI=1S/C17H23BrN4OSi/c1-13-19-11-17(21(13)12-23-7-8-24(2,3)4)22-16-9-15(18)6-5-14(16)10-20-22/h5-6,9-11H,7-8,12H2,1-4H3. The summed E-state index contributed by atoms with van der Waals surface area (Å²) in [6, 6.07) is 7.31. The Morgan fingerprint density at radius 1 is 1.21 bits per heavy atom. The molecule has 0 atom stereocenters. The highest BCUT2D eigenvalue weighted by atomic mass is 79.9. The lowest BCUT2D eigenvalue weighted by Gasteiger charge is -2.16. The Morgan fingerprint density at radius 2 is 2.00 bits per heavy atom. The maximum Gasteiger partial charge on any atom is 0.156 e. The molecule has 7 heteroatoms. The van der Waals surface area contributed by atoms with Gasteiger partial charge in [0.25, 0.3) is 0 Å². The van der Waals surface area contributed by atoms with E-state index in [2.05, 4.69) is 62.4 Å². The largest absolute Gasteiger partial charge is 0.361 e. The molecular formula is C17H23BrN4OSi. The van der Waals surface area contributed by atoms with Crippen molar-refractivity contribution < 1.29 is 4.74 Å². The summed E-state index contributed by atoms with van der Waals surface area (Å²) in [5.41, 5.74) is 1.05. The Labute approximate surface area is 151 Å². The van der Waals surface area contributed by atoms with Crippen molar-refractivity contribution in [2.75, 3.05) is 6.61 Å². The first kappa shape index (κ1) is 17.4. The quantitative estimate of drug-likeness (QED) is 0.443. The molecule has 0 N–H and O–H groups in total. The Bertz CT molecular complexity index is 850. The van der Waals surface area contributed by atoms with E-state index in [1.165, 1.54) is 0 Å². The lowest BCUT2D eigenvalue weighted by atomic mass is 10.2. The summed E-state index contributed by atoms with van der Waals surface area (Å²) in [6.45, 7) is 10.4. The fraction of sp³-hybridized carbons (Fsp3) is 0.412. The molecule has 0 aliphatic rings. The van der Waals surface area contributed by atoms with E-state index in [-0.39, 0.29) is 0 Å². The third kappa shape index (κ3) is 3.79. The minimum absolute atomic E-state index is 0.501. The van der Waals surface area contributed by atoms with Gasteiger partial charge in [-0.1, -0.05) is 41.6 Å². The smallest absolute Gasteiger partial charge is 0.156 e. The number of hydrogen-bond acceptors (Lipinski definition) is 3. The number of aromatic nitrogens is 4. The molecule has 0 radical (unpaired) electrons. The van der Waals surface area contributed by atoms with Gasteiger partial charge >= 0.3 is 0 Å². The molecular weight excluding hydrogens is 384 g/mol. The second-order valence-electron chi connectivity index (χ2n) is 7.20. The summed E-state index contributed by atoms with van der Waals surface area (Å²) < 4.78 is 10.9. The molecule has 1 aromatic carbocycles. The molecule has 0 fully saturated rings. The third-order valence-electron chi connectivity index (χ3n) is 4.00. The van der Waals surface area contributed by atoms with Crippen LogP contribution in [0, 0.1) is 6.92 Å². The van der Waals surface area contributed by atoms with Crippen LogP contribution in [-0.2, 0) is 11.5 Å². The van der Waals surface area contributed by atoms with Crippen molar-refractivity contribution in [1.29, 1.82) is 0 Å². The van der Waals surface area contributed by atoms with E-state index in [1.54, 1.807) is 0 Å². The summed E-state index contributed by atoms with van der Waals surface area (Å²) in [4.78, 5) is 4.45. The highest BCUT2D eigenvalue weighted by Gasteiger charge is 2.15. The second-order valence-corrected chi connectivity index (χ2v) is 13.7. The van der Waals surface area contributed by atoms with E-state index in [0.717, 1.165) is 39.7 Å². The van der Waals surface area contributed by atoms with Crippen molar-refractivity contribution in [1.82, 2.24) is 19.3 Å². The molecule has 3 rings (SSSR count). The van der Waals surface area contributed by atoms with Gasteiger partial charge in [-0.05, 0) is 25.1 Å². The van der Waals surface area contributed by atoms with Crippen molar-refractivity contribution in [2.24, 2.45) is 0 Å². The number of halogens is 1. The Kier molecular flexibility index (Phi) is 4.94. The van der Waals surface area contributed by atoms with Crippen molar-refractivity contribution in [3.8, 4) is 5.82 Å². The number of imidazole rings is 1. The van der Waals surface area contributed by atoms with Gasteiger partial charge in [0.15, 0.2) is 5.82 Å². The van der Waals surface area contributed by atoms with E-state index in [9.17, 15) is 0 Å². The van der Waals surface area contributed by atoms with E-state index in [1.807, 2.05) is 30.1 Å². The van der Waals surface area contributed by atoms with E-state index < -0.39 is 8.07 Å². The summed E-state index contributed by atoms with van der Waals surface area (Å²) in [6.07, 6.45) is 3.73. The van der Waals surface area contributed by atoms with Crippen molar-refractivity contribution in [3.63, 3.8) is 0 Å². The molecule has 5 nitrogen and oxygen atoms in total. The van der Waals surface area contributed by atoms with Gasteiger partial charge in [-0.15, -0.1) is 0 Å². The van der Waals surface area contributed by atoms with Crippen LogP contribution in [0.2, 0.25) is 25.7 Å². The predicted molar refractivity (Wildman–Crippen MR) is 103 cm³/mol. The van der Waals surface area contributed by atoms with Crippen LogP contribution in [0.15, 0.2) is 35.1 Å². The first-order valence-electron chi connectivity index (χ1n) is 8.09. The third-order valence-corrected chi connectivity index (χ3v) is 6.20. The lowest BCUT2D eigenvalue weighted by Crippen LogP contribution is -2.22. The monoisotopic (exact) mass is 406 g/mol. The van der Waals surface area contributed by atoms with Crippen LogP contribution in [0.1, 0.15) is 5.82 Å². The molecule has 0 bridgehead atoms. The van der Waals surface area contributed by atoms with Gasteiger partial charge < -0.3 is 4.74 Å². The second kappa shape index (κ2) is 6.82. The summed E-state index contributed by atoms with van der Waals surface area (Å²) >= 11 is 3.53. The molecule has 3 aromatic rings. The Hall–Kier alpha value is -1.44. The number of aryl methyl sites for hydroxylation is 1. The number of fused-ring (bicyclic) bond motifs is 1. The molecule has 2 aromatic heterocycles. The number of benzene rings is 1. The zero-order valence-electron chi connectivity index (χ0n) is 14.6. The van der Waals surface area contributed by atoms with Gasteiger partial charge in [0.05, 0.1) is 17.9 Å². The minimum Gasteiger partial charge on any atom is -0.361 e. The summed E-state index contributed by atoms with van der Waals surface area (Å²) in [7, 11) is -1.07. The molecule has 128 valence electrons. The molecule has 0 unspecified atom stereocenters. The van der Waals surface area contributed by atoms with Crippen LogP contribution >= 0.6 is 15.9 Å². The van der Waals surface area contributed by atoms with Crippen molar-refractivity contribution in [2.45, 2.75) is 39.3 Å². The minimum atomic E-state index is -1.07. The zero-order valence-corrected chi connectivity index (χ0v) is 17.2. The van der Waals surface area contributed by atoms with Gasteiger partial charge in [-0.25, -0.2) is 9.67 Å². The molecule has 0 aliphatic carbocycles. The van der Waals surface area contributed by atoms with Crippen LogP contribution in [0.25, 0.3) is 16.7 Å². The zero-order chi connectivity index (χ0) is 17.3. The van der Waals surface area contributed by atoms with E-state index >= 15 is 0 Å². The summed E-state index contributed by atoms with van der Waals surface area (Å²) in [5, 5.41) is 5.63. The van der Waals surface area contributed by atoms with Crippen LogP contribution in [0.3, 0.4) is 0 Å². The van der Waals surface area contributed by atoms with Crippen molar-refractivity contribution >= 4 is 34.9 Å². The van der Waals surface area contributed by atoms with Crippen LogP contribution in [0.5, 0.6) is 0 Å². The van der Waals surface area contributed by atoms with Gasteiger partial charge in [0.2, 0.25) is 0 Å². The first-order valence-corrected chi connectivity index (χ1v) is 12.6. The number of nitrogens with zero attached hydrogens (tertiary/aromatic N) is 4. The molecule has 0 saturated carbocycles. The fourth-order valence-electron chi connectivity index (χ4n) is 2.49. The highest BCUT2D eigenvalue weighted by molar-refractivity contribution is 9.10. The maximum absolute atomic E-state index is 5.92. The molecule has 0 amide bonds. The van der Waals surface area contributed by atoms with Crippen LogP contribution < -0.4 is 0 Å². The number of rotatable bonds is 6. The number of hydrogen-bond donors (Lipinski definition) is 0. The molecule has 0 saturated heterocycles. The van der Waals surface area contributed by atoms with E-state index in [4.69, 9.17) is 4.74 Å². The molecule has 0 aliphatic heterocycles. The summed E-state index contributed by atoms with van der Waals surface area (Å²) in [5.74, 6) is 1.85. The Balaban J connectivity index is 1.85. The van der Waals surface area contributed by atoms with E-state index in [0.29, 0.717) is 6.73 Å². The van der Waals surface area contributed by atoms with Gasteiger partial charge in [0, 0.05) is 24.5 Å². The van der Waals surface area contributed by atoms with Gasteiger partial charge in [0.1, 0.15) is 12.6 Å². The molecule has 24 heavy (non-hydrogen) atoms. The SMILES string of the molecule is Cc1ncc(-n2ncc3ccc(Br)cc32)n1COCC[Si](C)(C)C. The number of ether oxygens (including phenoxy) is 1. The Morgan fingerprint density at radius 3 is 2.75 bits per heavy atom.